The second-order valence-electron chi connectivity index (χ2n) is 4.97. The highest BCUT2D eigenvalue weighted by Crippen LogP contribution is 2.27. The van der Waals surface area contributed by atoms with Crippen LogP contribution in [0.3, 0.4) is 0 Å². The minimum Gasteiger partial charge on any atom is -0.383 e. The van der Waals surface area contributed by atoms with E-state index >= 15 is 0 Å². The van der Waals surface area contributed by atoms with Gasteiger partial charge in [0.2, 0.25) is 0 Å². The Morgan fingerprint density at radius 3 is 2.60 bits per heavy atom. The summed E-state index contributed by atoms with van der Waals surface area (Å²) in [4.78, 5) is 2.59. The predicted octanol–water partition coefficient (Wildman–Crippen LogP) is 1.10. The molecule has 3 aliphatic heterocycles. The van der Waals surface area contributed by atoms with E-state index in [0.29, 0.717) is 12.1 Å². The zero-order valence-corrected chi connectivity index (χ0v) is 10.0. The molecule has 3 fully saturated rings. The molecule has 2 bridgehead atoms. The molecule has 0 radical (unpaired) electrons. The Balaban J connectivity index is 1.83. The molecule has 0 spiro atoms. The van der Waals surface area contributed by atoms with Crippen LogP contribution in [0.5, 0.6) is 0 Å². The van der Waals surface area contributed by atoms with E-state index in [0.717, 1.165) is 18.9 Å². The average Bonchev–Trinajstić information content (AvgIpc) is 2.30. The Kier molecular flexibility index (Phi) is 4.00. The lowest BCUT2D eigenvalue weighted by atomic mass is 9.83. The van der Waals surface area contributed by atoms with Crippen molar-refractivity contribution in [2.45, 2.75) is 38.3 Å². The molecule has 2 unspecified atom stereocenters. The van der Waals surface area contributed by atoms with E-state index < -0.39 is 0 Å². The summed E-state index contributed by atoms with van der Waals surface area (Å²) in [6.45, 7) is 6.98. The molecular weight excluding hydrogens is 188 g/mol. The summed E-state index contributed by atoms with van der Waals surface area (Å²) >= 11 is 0. The van der Waals surface area contributed by atoms with Gasteiger partial charge in [-0.2, -0.15) is 0 Å². The van der Waals surface area contributed by atoms with Crippen LogP contribution < -0.4 is 5.32 Å². The SMILES string of the molecule is CCC(COC)NC1CN2CCC1CC2. The second kappa shape index (κ2) is 5.28. The monoisotopic (exact) mass is 212 g/mol. The minimum absolute atomic E-state index is 0.542. The molecule has 2 atom stereocenters. The number of ether oxygens (including phenoxy) is 1. The van der Waals surface area contributed by atoms with Gasteiger partial charge in [0.25, 0.3) is 0 Å². The summed E-state index contributed by atoms with van der Waals surface area (Å²) in [5.41, 5.74) is 0. The van der Waals surface area contributed by atoms with Crippen molar-refractivity contribution in [3.05, 3.63) is 0 Å². The van der Waals surface area contributed by atoms with Gasteiger partial charge in [0.05, 0.1) is 6.61 Å². The third kappa shape index (κ3) is 2.71. The third-order valence-electron chi connectivity index (χ3n) is 3.97. The summed E-state index contributed by atoms with van der Waals surface area (Å²) in [5.74, 6) is 0.918. The minimum atomic E-state index is 0.542. The fraction of sp³-hybridized carbons (Fsp3) is 1.00. The maximum absolute atomic E-state index is 5.24. The molecule has 88 valence electrons. The van der Waals surface area contributed by atoms with E-state index in [2.05, 4.69) is 17.1 Å². The van der Waals surface area contributed by atoms with Crippen molar-refractivity contribution in [1.29, 1.82) is 0 Å². The van der Waals surface area contributed by atoms with Crippen molar-refractivity contribution in [1.82, 2.24) is 10.2 Å². The Morgan fingerprint density at radius 1 is 1.40 bits per heavy atom. The molecule has 0 aliphatic carbocycles. The molecule has 3 aliphatic rings. The quantitative estimate of drug-likeness (QED) is 0.738. The summed E-state index contributed by atoms with van der Waals surface area (Å²) in [6.07, 6.45) is 3.94. The van der Waals surface area contributed by atoms with Crippen molar-refractivity contribution in [2.24, 2.45) is 5.92 Å². The predicted molar refractivity (Wildman–Crippen MR) is 62.0 cm³/mol. The summed E-state index contributed by atoms with van der Waals surface area (Å²) in [7, 11) is 1.79. The molecule has 0 amide bonds. The van der Waals surface area contributed by atoms with E-state index in [1.54, 1.807) is 7.11 Å². The van der Waals surface area contributed by atoms with E-state index in [-0.39, 0.29) is 0 Å². The number of methoxy groups -OCH3 is 1. The lowest BCUT2D eigenvalue weighted by Crippen LogP contribution is -2.58. The molecule has 0 aromatic carbocycles. The van der Waals surface area contributed by atoms with Gasteiger partial charge in [-0.05, 0) is 38.3 Å². The van der Waals surface area contributed by atoms with Gasteiger partial charge in [0.1, 0.15) is 0 Å². The first kappa shape index (κ1) is 11.4. The van der Waals surface area contributed by atoms with Gasteiger partial charge in [0.15, 0.2) is 0 Å². The number of rotatable bonds is 5. The van der Waals surface area contributed by atoms with E-state index in [1.807, 2.05) is 0 Å². The molecule has 3 heterocycles. The Morgan fingerprint density at radius 2 is 2.13 bits per heavy atom. The van der Waals surface area contributed by atoms with Crippen LogP contribution in [0.25, 0.3) is 0 Å². The van der Waals surface area contributed by atoms with Gasteiger partial charge in [-0.25, -0.2) is 0 Å². The smallest absolute Gasteiger partial charge is 0.0615 e. The molecular formula is C12H24N2O. The highest BCUT2D eigenvalue weighted by atomic mass is 16.5. The van der Waals surface area contributed by atoms with Crippen LogP contribution >= 0.6 is 0 Å². The average molecular weight is 212 g/mol. The van der Waals surface area contributed by atoms with Crippen LogP contribution in [-0.4, -0.2) is 50.3 Å². The summed E-state index contributed by atoms with van der Waals surface area (Å²) in [6, 6.07) is 1.26. The highest BCUT2D eigenvalue weighted by molar-refractivity contribution is 4.92. The lowest BCUT2D eigenvalue weighted by Gasteiger charge is -2.46. The van der Waals surface area contributed by atoms with Crippen LogP contribution in [0, 0.1) is 5.92 Å². The maximum Gasteiger partial charge on any atom is 0.0615 e. The topological polar surface area (TPSA) is 24.5 Å². The first-order valence-electron chi connectivity index (χ1n) is 6.30. The van der Waals surface area contributed by atoms with Crippen LogP contribution in [0.1, 0.15) is 26.2 Å². The fourth-order valence-electron chi connectivity index (χ4n) is 2.94. The maximum atomic E-state index is 5.24. The highest BCUT2D eigenvalue weighted by Gasteiger charge is 2.34. The standard InChI is InChI=1S/C12H24N2O/c1-3-11(9-15-2)13-12-8-14-6-4-10(12)5-7-14/h10-13H,3-9H2,1-2H3. The molecule has 0 aromatic rings. The fourth-order valence-corrected chi connectivity index (χ4v) is 2.94. The zero-order valence-electron chi connectivity index (χ0n) is 10.0. The van der Waals surface area contributed by atoms with E-state index in [9.17, 15) is 0 Å². The first-order valence-corrected chi connectivity index (χ1v) is 6.30. The molecule has 3 saturated heterocycles. The van der Waals surface area contributed by atoms with Crippen LogP contribution in [0.4, 0.5) is 0 Å². The van der Waals surface area contributed by atoms with Gasteiger partial charge in [-0.1, -0.05) is 6.92 Å². The van der Waals surface area contributed by atoms with Crippen molar-refractivity contribution < 1.29 is 4.74 Å². The van der Waals surface area contributed by atoms with Gasteiger partial charge in [-0.15, -0.1) is 0 Å². The number of nitrogens with one attached hydrogen (secondary N) is 1. The number of nitrogens with zero attached hydrogens (tertiary/aromatic N) is 1. The van der Waals surface area contributed by atoms with Crippen molar-refractivity contribution in [3.63, 3.8) is 0 Å². The van der Waals surface area contributed by atoms with Gasteiger partial charge >= 0.3 is 0 Å². The van der Waals surface area contributed by atoms with Gasteiger partial charge in [0, 0.05) is 25.7 Å². The largest absolute Gasteiger partial charge is 0.383 e. The molecule has 0 saturated carbocycles. The zero-order chi connectivity index (χ0) is 10.7. The third-order valence-corrected chi connectivity index (χ3v) is 3.97. The molecule has 3 nitrogen and oxygen atoms in total. The van der Waals surface area contributed by atoms with Crippen LogP contribution in [0.15, 0.2) is 0 Å². The Labute approximate surface area is 93.2 Å². The van der Waals surface area contributed by atoms with E-state index in [1.165, 1.54) is 32.5 Å². The molecule has 0 aromatic heterocycles. The van der Waals surface area contributed by atoms with Crippen molar-refractivity contribution >= 4 is 0 Å². The summed E-state index contributed by atoms with van der Waals surface area (Å²) < 4.78 is 5.24. The summed E-state index contributed by atoms with van der Waals surface area (Å²) in [5, 5.41) is 3.77. The number of piperidine rings is 3. The van der Waals surface area contributed by atoms with Crippen molar-refractivity contribution in [2.75, 3.05) is 33.4 Å². The van der Waals surface area contributed by atoms with E-state index in [4.69, 9.17) is 4.74 Å². The molecule has 3 heteroatoms. The number of fused-ring (bicyclic) bond motifs is 3. The molecule has 15 heavy (non-hydrogen) atoms. The second-order valence-corrected chi connectivity index (χ2v) is 4.97. The first-order chi connectivity index (χ1) is 7.33. The normalized spacial score (nSPS) is 36.8. The Bertz CT molecular complexity index is 190. The number of hydrogen-bond acceptors (Lipinski definition) is 3. The lowest BCUT2D eigenvalue weighted by molar-refractivity contribution is 0.0571. The molecule has 1 N–H and O–H groups in total. The Hall–Kier alpha value is -0.120. The van der Waals surface area contributed by atoms with Gasteiger partial charge in [-0.3, -0.25) is 0 Å². The van der Waals surface area contributed by atoms with Crippen LogP contribution in [-0.2, 0) is 4.74 Å². The molecule has 3 rings (SSSR count). The van der Waals surface area contributed by atoms with Crippen LogP contribution in [0.2, 0.25) is 0 Å². The van der Waals surface area contributed by atoms with Crippen molar-refractivity contribution in [3.8, 4) is 0 Å². The van der Waals surface area contributed by atoms with Gasteiger partial charge < -0.3 is 15.0 Å². The number of hydrogen-bond donors (Lipinski definition) is 1.